The minimum absolute atomic E-state index is 0.106. The van der Waals surface area contributed by atoms with E-state index in [4.69, 9.17) is 5.73 Å². The molecule has 1 aliphatic rings. The first-order valence-corrected chi connectivity index (χ1v) is 9.01. The zero-order valence-corrected chi connectivity index (χ0v) is 14.9. The summed E-state index contributed by atoms with van der Waals surface area (Å²) < 4.78 is 0. The Hall–Kier alpha value is -3.08. The Labute approximate surface area is 153 Å². The van der Waals surface area contributed by atoms with Crippen LogP contribution in [0.5, 0.6) is 0 Å². The number of benzene rings is 2. The summed E-state index contributed by atoms with van der Waals surface area (Å²) in [7, 11) is 0. The fourth-order valence-electron chi connectivity index (χ4n) is 3.50. The number of aryl methyl sites for hydroxylation is 1. The van der Waals surface area contributed by atoms with Crippen molar-refractivity contribution >= 4 is 23.0 Å². The van der Waals surface area contributed by atoms with Crippen LogP contribution in [0.4, 0.5) is 23.0 Å². The largest absolute Gasteiger partial charge is 0.393 e. The van der Waals surface area contributed by atoms with Gasteiger partial charge in [0.25, 0.3) is 0 Å². The second kappa shape index (κ2) is 7.04. The van der Waals surface area contributed by atoms with Gasteiger partial charge in [-0.05, 0) is 37.0 Å². The summed E-state index contributed by atoms with van der Waals surface area (Å²) in [5.74, 6) is 1.45. The Morgan fingerprint density at radius 2 is 1.81 bits per heavy atom. The first kappa shape index (κ1) is 16.4. The van der Waals surface area contributed by atoms with Crippen molar-refractivity contribution in [1.29, 1.82) is 0 Å². The number of anilines is 4. The van der Waals surface area contributed by atoms with Gasteiger partial charge < -0.3 is 16.0 Å². The molecule has 3 N–H and O–H groups in total. The van der Waals surface area contributed by atoms with Gasteiger partial charge in [-0.25, -0.2) is 9.97 Å². The van der Waals surface area contributed by atoms with Gasteiger partial charge in [0.2, 0.25) is 0 Å². The SMILES string of the molecule is CC(Nc1ncnc(N2CCCc3ccccc32)c1N)c1ccccc1. The van der Waals surface area contributed by atoms with Gasteiger partial charge in [-0.2, -0.15) is 0 Å². The molecule has 4 rings (SSSR count). The number of nitrogen functional groups attached to an aromatic ring is 1. The molecule has 26 heavy (non-hydrogen) atoms. The average molecular weight is 345 g/mol. The summed E-state index contributed by atoms with van der Waals surface area (Å²) in [6.07, 6.45) is 3.76. The van der Waals surface area contributed by atoms with E-state index in [2.05, 4.69) is 63.5 Å². The molecular formula is C21H23N5. The van der Waals surface area contributed by atoms with Crippen molar-refractivity contribution in [2.75, 3.05) is 22.5 Å². The van der Waals surface area contributed by atoms with Gasteiger partial charge >= 0.3 is 0 Å². The number of nitrogens with zero attached hydrogens (tertiary/aromatic N) is 3. The predicted molar refractivity (Wildman–Crippen MR) is 107 cm³/mol. The zero-order chi connectivity index (χ0) is 17.9. The van der Waals surface area contributed by atoms with Gasteiger partial charge in [0.05, 0.1) is 6.04 Å². The van der Waals surface area contributed by atoms with E-state index in [1.54, 1.807) is 6.33 Å². The monoisotopic (exact) mass is 345 g/mol. The van der Waals surface area contributed by atoms with Gasteiger partial charge in [-0.3, -0.25) is 0 Å². The molecule has 5 heteroatoms. The minimum atomic E-state index is 0.106. The summed E-state index contributed by atoms with van der Waals surface area (Å²) in [4.78, 5) is 11.1. The molecule has 0 radical (unpaired) electrons. The minimum Gasteiger partial charge on any atom is -0.393 e. The lowest BCUT2D eigenvalue weighted by Gasteiger charge is -2.31. The van der Waals surface area contributed by atoms with E-state index >= 15 is 0 Å². The number of para-hydroxylation sites is 1. The first-order chi connectivity index (χ1) is 12.7. The van der Waals surface area contributed by atoms with E-state index in [0.717, 1.165) is 25.2 Å². The van der Waals surface area contributed by atoms with Crippen molar-refractivity contribution < 1.29 is 0 Å². The van der Waals surface area contributed by atoms with Crippen LogP contribution in [0, 0.1) is 0 Å². The van der Waals surface area contributed by atoms with E-state index in [9.17, 15) is 0 Å². The van der Waals surface area contributed by atoms with Crippen LogP contribution in [0.3, 0.4) is 0 Å². The van der Waals surface area contributed by atoms with Crippen LogP contribution in [-0.4, -0.2) is 16.5 Å². The van der Waals surface area contributed by atoms with Crippen LogP contribution < -0.4 is 16.0 Å². The standard InChI is InChI=1S/C21H23N5/c1-15(16-8-3-2-4-9-16)25-20-19(22)21(24-14-23-20)26-13-7-11-17-10-5-6-12-18(17)26/h2-6,8-10,12,14-15H,7,11,13,22H2,1H3,(H,23,24,25). The quantitative estimate of drug-likeness (QED) is 0.737. The lowest BCUT2D eigenvalue weighted by Crippen LogP contribution is -2.26. The molecule has 1 aliphatic heterocycles. The summed E-state index contributed by atoms with van der Waals surface area (Å²) in [5, 5.41) is 3.43. The van der Waals surface area contributed by atoms with Crippen LogP contribution in [0.15, 0.2) is 60.9 Å². The molecule has 5 nitrogen and oxygen atoms in total. The van der Waals surface area contributed by atoms with Crippen molar-refractivity contribution in [3.63, 3.8) is 0 Å². The van der Waals surface area contributed by atoms with Crippen molar-refractivity contribution in [3.05, 3.63) is 72.1 Å². The number of rotatable bonds is 4. The molecule has 0 saturated carbocycles. The molecule has 1 aromatic heterocycles. The van der Waals surface area contributed by atoms with Gasteiger partial charge in [0, 0.05) is 12.2 Å². The third-order valence-corrected chi connectivity index (χ3v) is 4.88. The van der Waals surface area contributed by atoms with Crippen LogP contribution in [0.2, 0.25) is 0 Å². The molecular weight excluding hydrogens is 322 g/mol. The fourth-order valence-corrected chi connectivity index (χ4v) is 3.50. The van der Waals surface area contributed by atoms with Crippen LogP contribution in [0.25, 0.3) is 0 Å². The second-order valence-electron chi connectivity index (χ2n) is 6.62. The Morgan fingerprint density at radius 3 is 2.65 bits per heavy atom. The van der Waals surface area contributed by atoms with Crippen molar-refractivity contribution in [1.82, 2.24) is 9.97 Å². The molecule has 1 unspecified atom stereocenters. The summed E-state index contributed by atoms with van der Waals surface area (Å²) >= 11 is 0. The first-order valence-electron chi connectivity index (χ1n) is 9.01. The molecule has 1 atom stereocenters. The van der Waals surface area contributed by atoms with Crippen molar-refractivity contribution in [3.8, 4) is 0 Å². The highest BCUT2D eigenvalue weighted by atomic mass is 15.2. The van der Waals surface area contributed by atoms with Gasteiger partial charge in [0.1, 0.15) is 12.0 Å². The summed E-state index contributed by atoms with van der Waals surface area (Å²) in [5.41, 5.74) is 10.8. The third-order valence-electron chi connectivity index (χ3n) is 4.88. The molecule has 132 valence electrons. The molecule has 0 aliphatic carbocycles. The maximum absolute atomic E-state index is 6.47. The van der Waals surface area contributed by atoms with Crippen LogP contribution in [-0.2, 0) is 6.42 Å². The zero-order valence-electron chi connectivity index (χ0n) is 14.9. The number of aromatic nitrogens is 2. The highest BCUT2D eigenvalue weighted by Crippen LogP contribution is 2.37. The predicted octanol–water partition coefficient (Wildman–Crippen LogP) is 4.32. The highest BCUT2D eigenvalue weighted by molar-refractivity contribution is 5.80. The van der Waals surface area contributed by atoms with Gasteiger partial charge in [0.15, 0.2) is 11.6 Å². The Kier molecular flexibility index (Phi) is 4.44. The van der Waals surface area contributed by atoms with E-state index in [1.807, 2.05) is 18.2 Å². The second-order valence-corrected chi connectivity index (χ2v) is 6.62. The lowest BCUT2D eigenvalue weighted by atomic mass is 10.0. The summed E-state index contributed by atoms with van der Waals surface area (Å²) in [6, 6.07) is 18.8. The molecule has 0 bridgehead atoms. The average Bonchev–Trinajstić information content (AvgIpc) is 2.70. The van der Waals surface area contributed by atoms with Gasteiger partial charge in [-0.1, -0.05) is 48.5 Å². The molecule has 0 saturated heterocycles. The van der Waals surface area contributed by atoms with Crippen LogP contribution in [0.1, 0.15) is 30.5 Å². The Balaban J connectivity index is 1.65. The number of hydrogen-bond donors (Lipinski definition) is 2. The maximum atomic E-state index is 6.47. The third kappa shape index (κ3) is 3.08. The van der Waals surface area contributed by atoms with Crippen molar-refractivity contribution in [2.24, 2.45) is 0 Å². The lowest BCUT2D eigenvalue weighted by molar-refractivity contribution is 0.759. The van der Waals surface area contributed by atoms with Gasteiger partial charge in [-0.15, -0.1) is 0 Å². The summed E-state index contributed by atoms with van der Waals surface area (Å²) in [6.45, 7) is 3.01. The molecule has 0 amide bonds. The molecule has 2 aromatic carbocycles. The van der Waals surface area contributed by atoms with E-state index in [0.29, 0.717) is 11.5 Å². The fraction of sp³-hybridized carbons (Fsp3) is 0.238. The van der Waals surface area contributed by atoms with Crippen molar-refractivity contribution in [2.45, 2.75) is 25.8 Å². The molecule has 3 aromatic rings. The van der Waals surface area contributed by atoms with E-state index in [-0.39, 0.29) is 6.04 Å². The maximum Gasteiger partial charge on any atom is 0.161 e. The molecule has 2 heterocycles. The Morgan fingerprint density at radius 1 is 1.04 bits per heavy atom. The smallest absolute Gasteiger partial charge is 0.161 e. The Bertz CT molecular complexity index is 894. The topological polar surface area (TPSA) is 67.1 Å². The normalized spacial score (nSPS) is 14.6. The highest BCUT2D eigenvalue weighted by Gasteiger charge is 2.22. The number of fused-ring (bicyclic) bond motifs is 1. The van der Waals surface area contributed by atoms with E-state index in [1.165, 1.54) is 16.8 Å². The number of hydrogen-bond acceptors (Lipinski definition) is 5. The number of nitrogens with one attached hydrogen (secondary N) is 1. The molecule has 0 fully saturated rings. The van der Waals surface area contributed by atoms with E-state index < -0.39 is 0 Å². The van der Waals surface area contributed by atoms with Crippen LogP contribution >= 0.6 is 0 Å². The molecule has 0 spiro atoms. The number of nitrogens with two attached hydrogens (primary N) is 1.